The van der Waals surface area contributed by atoms with Crippen LogP contribution in [-0.4, -0.2) is 51.4 Å². The predicted molar refractivity (Wildman–Crippen MR) is 81.5 cm³/mol. The van der Waals surface area contributed by atoms with Crippen LogP contribution >= 0.6 is 23.7 Å². The molecule has 0 aromatic carbocycles. The van der Waals surface area contributed by atoms with Gasteiger partial charge in [-0.25, -0.2) is 9.29 Å². The molecule has 1 fully saturated rings. The van der Waals surface area contributed by atoms with Crippen LogP contribution in [0.25, 0.3) is 10.9 Å². The molecule has 0 amide bonds. The highest BCUT2D eigenvalue weighted by molar-refractivity contribution is 7.95. The number of aromatic nitrogens is 2. The van der Waals surface area contributed by atoms with Gasteiger partial charge in [0.1, 0.15) is 5.15 Å². The number of hydrogen-bond acceptors (Lipinski definition) is 4. The molecule has 0 saturated carbocycles. The van der Waals surface area contributed by atoms with Crippen LogP contribution in [-0.2, 0) is 0 Å². The predicted octanol–water partition coefficient (Wildman–Crippen LogP) is 2.66. The molecule has 2 aromatic heterocycles. The number of pyridine rings is 1. The molecule has 1 aliphatic heterocycles. The van der Waals surface area contributed by atoms with Crippen molar-refractivity contribution in [2.75, 3.05) is 33.2 Å². The van der Waals surface area contributed by atoms with Crippen molar-refractivity contribution in [2.24, 2.45) is 0 Å². The third-order valence-corrected chi connectivity index (χ3v) is 4.78. The Kier molecular flexibility index (Phi) is 3.71. The Bertz CT molecular complexity index is 590. The largest absolute Gasteiger partial charge is 0.304 e. The van der Waals surface area contributed by atoms with E-state index in [2.05, 4.69) is 37.5 Å². The molecule has 0 bridgehead atoms. The molecular formula is C13H17ClN4S. The van der Waals surface area contributed by atoms with Gasteiger partial charge in [-0.1, -0.05) is 11.6 Å². The maximum absolute atomic E-state index is 6.18. The number of piperazine rings is 1. The number of aryl methyl sites for hydroxylation is 1. The first-order valence-electron chi connectivity index (χ1n) is 6.39. The van der Waals surface area contributed by atoms with Gasteiger partial charge >= 0.3 is 0 Å². The van der Waals surface area contributed by atoms with E-state index in [1.54, 1.807) is 12.1 Å². The van der Waals surface area contributed by atoms with Crippen LogP contribution in [0.15, 0.2) is 18.3 Å². The van der Waals surface area contributed by atoms with Crippen molar-refractivity contribution in [1.29, 1.82) is 0 Å². The van der Waals surface area contributed by atoms with Crippen LogP contribution in [0.4, 0.5) is 0 Å². The van der Waals surface area contributed by atoms with Crippen LogP contribution in [0, 0.1) is 6.92 Å². The summed E-state index contributed by atoms with van der Waals surface area (Å²) in [4.78, 5) is 6.65. The van der Waals surface area contributed by atoms with E-state index in [9.17, 15) is 0 Å². The first kappa shape index (κ1) is 13.2. The van der Waals surface area contributed by atoms with E-state index in [-0.39, 0.29) is 0 Å². The Hall–Kier alpha value is -0.750. The van der Waals surface area contributed by atoms with Gasteiger partial charge in [0.25, 0.3) is 0 Å². The minimum atomic E-state index is 0.590. The SMILES string of the molecule is Cc1cc2c(ccn2SN2CCN(C)CC2)c(Cl)n1. The lowest BCUT2D eigenvalue weighted by Gasteiger charge is -2.31. The molecular weight excluding hydrogens is 280 g/mol. The second kappa shape index (κ2) is 5.32. The maximum Gasteiger partial charge on any atom is 0.138 e. The molecule has 0 N–H and O–H groups in total. The number of likely N-dealkylation sites (N-methyl/N-ethyl adjacent to an activating group) is 1. The van der Waals surface area contributed by atoms with Gasteiger partial charge in [-0.15, -0.1) is 0 Å². The lowest BCUT2D eigenvalue weighted by molar-refractivity contribution is 0.233. The number of nitrogens with zero attached hydrogens (tertiary/aromatic N) is 4. The zero-order valence-corrected chi connectivity index (χ0v) is 12.7. The Labute approximate surface area is 122 Å². The first-order valence-corrected chi connectivity index (χ1v) is 7.50. The van der Waals surface area contributed by atoms with Crippen molar-refractivity contribution < 1.29 is 0 Å². The van der Waals surface area contributed by atoms with Gasteiger partial charge in [0, 0.05) is 55.6 Å². The van der Waals surface area contributed by atoms with E-state index in [0.29, 0.717) is 5.15 Å². The molecule has 0 spiro atoms. The summed E-state index contributed by atoms with van der Waals surface area (Å²) < 4.78 is 4.57. The monoisotopic (exact) mass is 296 g/mol. The summed E-state index contributed by atoms with van der Waals surface area (Å²) in [7, 11) is 2.17. The van der Waals surface area contributed by atoms with Gasteiger partial charge in [-0.05, 0) is 26.1 Å². The Morgan fingerprint density at radius 3 is 2.74 bits per heavy atom. The fourth-order valence-electron chi connectivity index (χ4n) is 2.25. The zero-order valence-electron chi connectivity index (χ0n) is 11.1. The van der Waals surface area contributed by atoms with Crippen LogP contribution in [0.5, 0.6) is 0 Å². The average Bonchev–Trinajstić information content (AvgIpc) is 2.76. The summed E-state index contributed by atoms with van der Waals surface area (Å²) in [5.74, 6) is 0. The van der Waals surface area contributed by atoms with Crippen LogP contribution in [0.2, 0.25) is 5.15 Å². The fraction of sp³-hybridized carbons (Fsp3) is 0.462. The number of halogens is 1. The van der Waals surface area contributed by atoms with Gasteiger partial charge in [-0.2, -0.15) is 0 Å². The molecule has 19 heavy (non-hydrogen) atoms. The molecule has 2 aromatic rings. The molecule has 0 atom stereocenters. The van der Waals surface area contributed by atoms with Crippen molar-refractivity contribution in [2.45, 2.75) is 6.92 Å². The Morgan fingerprint density at radius 1 is 1.26 bits per heavy atom. The second-order valence-corrected chi connectivity index (χ2v) is 6.37. The van der Waals surface area contributed by atoms with Gasteiger partial charge in [0.15, 0.2) is 0 Å². The molecule has 3 heterocycles. The average molecular weight is 297 g/mol. The topological polar surface area (TPSA) is 24.3 Å². The molecule has 3 rings (SSSR count). The van der Waals surface area contributed by atoms with E-state index in [0.717, 1.165) is 42.8 Å². The zero-order chi connectivity index (χ0) is 13.4. The summed E-state index contributed by atoms with van der Waals surface area (Å²) >= 11 is 7.94. The molecule has 1 aliphatic rings. The van der Waals surface area contributed by atoms with E-state index in [4.69, 9.17) is 11.6 Å². The summed E-state index contributed by atoms with van der Waals surface area (Å²) in [5.41, 5.74) is 2.10. The first-order chi connectivity index (χ1) is 9.13. The summed E-state index contributed by atoms with van der Waals surface area (Å²) in [6.45, 7) is 6.38. The quantitative estimate of drug-likeness (QED) is 0.628. The van der Waals surface area contributed by atoms with E-state index >= 15 is 0 Å². The van der Waals surface area contributed by atoms with Crippen LogP contribution < -0.4 is 0 Å². The third kappa shape index (κ3) is 2.74. The highest BCUT2D eigenvalue weighted by Crippen LogP contribution is 2.28. The Balaban J connectivity index is 1.85. The molecule has 102 valence electrons. The number of hydrogen-bond donors (Lipinski definition) is 0. The molecule has 4 nitrogen and oxygen atoms in total. The smallest absolute Gasteiger partial charge is 0.138 e. The minimum absolute atomic E-state index is 0.590. The highest BCUT2D eigenvalue weighted by Gasteiger charge is 2.16. The molecule has 6 heteroatoms. The van der Waals surface area contributed by atoms with Crippen LogP contribution in [0.3, 0.4) is 0 Å². The van der Waals surface area contributed by atoms with Gasteiger partial charge in [0.2, 0.25) is 0 Å². The van der Waals surface area contributed by atoms with Crippen molar-refractivity contribution in [1.82, 2.24) is 18.2 Å². The summed E-state index contributed by atoms with van der Waals surface area (Å²) in [5, 5.41) is 1.61. The van der Waals surface area contributed by atoms with Crippen molar-refractivity contribution in [3.05, 3.63) is 29.2 Å². The van der Waals surface area contributed by atoms with Crippen molar-refractivity contribution in [3.63, 3.8) is 0 Å². The third-order valence-electron chi connectivity index (χ3n) is 3.40. The minimum Gasteiger partial charge on any atom is -0.304 e. The maximum atomic E-state index is 6.18. The molecule has 1 saturated heterocycles. The number of fused-ring (bicyclic) bond motifs is 1. The molecule has 0 aliphatic carbocycles. The van der Waals surface area contributed by atoms with E-state index < -0.39 is 0 Å². The normalized spacial score (nSPS) is 18.3. The van der Waals surface area contributed by atoms with Gasteiger partial charge < -0.3 is 4.90 Å². The van der Waals surface area contributed by atoms with E-state index in [1.165, 1.54) is 0 Å². The summed E-state index contributed by atoms with van der Waals surface area (Å²) in [6, 6.07) is 4.12. The van der Waals surface area contributed by atoms with Crippen LogP contribution in [0.1, 0.15) is 5.69 Å². The second-order valence-electron chi connectivity index (χ2n) is 4.94. The lowest BCUT2D eigenvalue weighted by atomic mass is 10.3. The molecule has 0 radical (unpaired) electrons. The van der Waals surface area contributed by atoms with Crippen molar-refractivity contribution in [3.8, 4) is 0 Å². The lowest BCUT2D eigenvalue weighted by Crippen LogP contribution is -2.41. The summed E-state index contributed by atoms with van der Waals surface area (Å²) in [6.07, 6.45) is 2.07. The van der Waals surface area contributed by atoms with Gasteiger partial charge in [-0.3, -0.25) is 3.97 Å². The van der Waals surface area contributed by atoms with Crippen molar-refractivity contribution >= 4 is 34.6 Å². The number of rotatable bonds is 2. The highest BCUT2D eigenvalue weighted by atomic mass is 35.5. The fourth-order valence-corrected chi connectivity index (χ4v) is 3.48. The van der Waals surface area contributed by atoms with E-state index in [1.807, 2.05) is 13.0 Å². The Morgan fingerprint density at radius 2 is 2.00 bits per heavy atom. The van der Waals surface area contributed by atoms with Gasteiger partial charge in [0.05, 0.1) is 5.52 Å². The molecule has 0 unspecified atom stereocenters. The standard InChI is InChI=1S/C13H17ClN4S/c1-10-9-12-11(13(14)15-10)3-4-18(12)19-17-7-5-16(2)6-8-17/h3-4,9H,5-8H2,1-2H3.